The molecule has 1 heterocycles. The average Bonchev–Trinajstić information content (AvgIpc) is 2.65. The molecule has 0 saturated heterocycles. The fraction of sp³-hybridized carbons (Fsp3) is 0.150. The van der Waals surface area contributed by atoms with E-state index in [2.05, 4.69) is 0 Å². The van der Waals surface area contributed by atoms with Crippen LogP contribution in [0.15, 0.2) is 47.3 Å². The lowest BCUT2D eigenvalue weighted by molar-refractivity contribution is -0.136. The molecule has 0 spiro atoms. The number of carboxylic acids is 1. The number of rotatable bonds is 5. The van der Waals surface area contributed by atoms with Crippen LogP contribution in [0.3, 0.4) is 0 Å². The SMILES string of the molecule is Cn1c(=O)c(C(=O)CCC(=O)O)c(O)c2cc(-c3ccc(F)cc3)ccc21. The fourth-order valence-electron chi connectivity index (χ4n) is 2.95. The van der Waals surface area contributed by atoms with E-state index in [1.165, 1.54) is 23.7 Å². The summed E-state index contributed by atoms with van der Waals surface area (Å²) < 4.78 is 14.4. The van der Waals surface area contributed by atoms with Gasteiger partial charge in [0.2, 0.25) is 0 Å². The maximum Gasteiger partial charge on any atom is 0.303 e. The number of ketones is 1. The van der Waals surface area contributed by atoms with Crippen molar-refractivity contribution in [3.63, 3.8) is 0 Å². The summed E-state index contributed by atoms with van der Waals surface area (Å²) in [6.45, 7) is 0. The van der Waals surface area contributed by atoms with E-state index < -0.39 is 35.0 Å². The molecule has 0 amide bonds. The molecule has 138 valence electrons. The number of Topliss-reactive ketones (excluding diaryl/α,β-unsaturated/α-hetero) is 1. The lowest BCUT2D eigenvalue weighted by atomic mass is 9.99. The van der Waals surface area contributed by atoms with Gasteiger partial charge in [-0.2, -0.15) is 0 Å². The highest BCUT2D eigenvalue weighted by molar-refractivity contribution is 6.04. The summed E-state index contributed by atoms with van der Waals surface area (Å²) in [6, 6.07) is 10.7. The largest absolute Gasteiger partial charge is 0.506 e. The number of carboxylic acid groups (broad SMARTS) is 1. The van der Waals surface area contributed by atoms with Crippen LogP contribution in [0.1, 0.15) is 23.2 Å². The predicted octanol–water partition coefficient (Wildman–Crippen LogP) is 3.10. The van der Waals surface area contributed by atoms with Crippen LogP contribution >= 0.6 is 0 Å². The van der Waals surface area contributed by atoms with Crippen molar-refractivity contribution in [2.45, 2.75) is 12.8 Å². The van der Waals surface area contributed by atoms with E-state index >= 15 is 0 Å². The second-order valence-corrected chi connectivity index (χ2v) is 6.14. The van der Waals surface area contributed by atoms with Gasteiger partial charge in [-0.3, -0.25) is 14.4 Å². The van der Waals surface area contributed by atoms with Gasteiger partial charge in [-0.1, -0.05) is 18.2 Å². The minimum atomic E-state index is -1.17. The van der Waals surface area contributed by atoms with Crippen LogP contribution in [-0.4, -0.2) is 26.5 Å². The van der Waals surface area contributed by atoms with Crippen molar-refractivity contribution in [3.8, 4) is 16.9 Å². The first-order valence-corrected chi connectivity index (χ1v) is 8.16. The van der Waals surface area contributed by atoms with Crippen molar-refractivity contribution < 1.29 is 24.2 Å². The van der Waals surface area contributed by atoms with Crippen molar-refractivity contribution in [2.24, 2.45) is 7.05 Å². The second kappa shape index (κ2) is 7.03. The summed E-state index contributed by atoms with van der Waals surface area (Å²) >= 11 is 0. The van der Waals surface area contributed by atoms with Crippen molar-refractivity contribution in [1.29, 1.82) is 0 Å². The molecule has 0 aliphatic rings. The molecule has 0 unspecified atom stereocenters. The number of carbonyl (C=O) groups is 2. The van der Waals surface area contributed by atoms with Gasteiger partial charge in [0.15, 0.2) is 5.78 Å². The minimum absolute atomic E-state index is 0.276. The van der Waals surface area contributed by atoms with E-state index in [9.17, 15) is 23.9 Å². The fourth-order valence-corrected chi connectivity index (χ4v) is 2.95. The zero-order valence-corrected chi connectivity index (χ0v) is 14.4. The smallest absolute Gasteiger partial charge is 0.303 e. The third-order valence-electron chi connectivity index (χ3n) is 4.39. The van der Waals surface area contributed by atoms with Crippen LogP contribution < -0.4 is 5.56 Å². The van der Waals surface area contributed by atoms with Gasteiger partial charge >= 0.3 is 5.97 Å². The molecule has 0 saturated carbocycles. The van der Waals surface area contributed by atoms with Gasteiger partial charge in [0, 0.05) is 18.9 Å². The number of benzene rings is 2. The number of carbonyl (C=O) groups excluding carboxylic acids is 1. The summed E-state index contributed by atoms with van der Waals surface area (Å²) in [6.07, 6.45) is -0.823. The van der Waals surface area contributed by atoms with Gasteiger partial charge in [-0.05, 0) is 35.4 Å². The summed E-state index contributed by atoms with van der Waals surface area (Å²) in [7, 11) is 1.47. The van der Waals surface area contributed by atoms with Crippen molar-refractivity contribution in [1.82, 2.24) is 4.57 Å². The molecule has 0 atom stereocenters. The Morgan fingerprint density at radius 3 is 2.30 bits per heavy atom. The Kier molecular flexibility index (Phi) is 4.77. The number of pyridine rings is 1. The van der Waals surface area contributed by atoms with Crippen LogP contribution in [0.4, 0.5) is 4.39 Å². The lowest BCUT2D eigenvalue weighted by Gasteiger charge is -2.12. The van der Waals surface area contributed by atoms with Crippen LogP contribution in [0, 0.1) is 5.82 Å². The molecule has 2 N–H and O–H groups in total. The normalized spacial score (nSPS) is 10.9. The second-order valence-electron chi connectivity index (χ2n) is 6.14. The van der Waals surface area contributed by atoms with Crippen LogP contribution in [0.25, 0.3) is 22.0 Å². The molecule has 0 radical (unpaired) electrons. The van der Waals surface area contributed by atoms with E-state index in [1.807, 2.05) is 0 Å². The van der Waals surface area contributed by atoms with Gasteiger partial charge < -0.3 is 14.8 Å². The molecule has 3 rings (SSSR count). The van der Waals surface area contributed by atoms with Gasteiger partial charge in [-0.25, -0.2) is 4.39 Å². The highest BCUT2D eigenvalue weighted by atomic mass is 19.1. The molecule has 6 nitrogen and oxygen atoms in total. The Bertz CT molecular complexity index is 1120. The summed E-state index contributed by atoms with van der Waals surface area (Å²) in [4.78, 5) is 35.5. The standard InChI is InChI=1S/C20H16FNO5/c1-22-15-7-4-12(11-2-5-13(21)6-3-11)10-14(15)19(26)18(20(22)27)16(23)8-9-17(24)25/h2-7,10,26H,8-9H2,1H3,(H,24,25). The summed E-state index contributed by atoms with van der Waals surface area (Å²) in [5.74, 6) is -2.76. The van der Waals surface area contributed by atoms with Crippen molar-refractivity contribution in [2.75, 3.05) is 0 Å². The molecule has 0 aliphatic carbocycles. The van der Waals surface area contributed by atoms with E-state index in [0.717, 1.165) is 0 Å². The molecule has 7 heteroatoms. The van der Waals surface area contributed by atoms with Crippen LogP contribution in [0.2, 0.25) is 0 Å². The Balaban J connectivity index is 2.18. The third kappa shape index (κ3) is 3.44. The Morgan fingerprint density at radius 2 is 1.67 bits per heavy atom. The number of fused-ring (bicyclic) bond motifs is 1. The maximum atomic E-state index is 13.1. The van der Waals surface area contributed by atoms with Gasteiger partial charge in [-0.15, -0.1) is 0 Å². The van der Waals surface area contributed by atoms with Crippen LogP contribution in [0.5, 0.6) is 5.75 Å². The number of hydrogen-bond donors (Lipinski definition) is 2. The molecule has 2 aromatic carbocycles. The highest BCUT2D eigenvalue weighted by Gasteiger charge is 2.21. The Hall–Kier alpha value is -3.48. The van der Waals surface area contributed by atoms with Gasteiger partial charge in [0.05, 0.1) is 11.9 Å². The molecule has 3 aromatic rings. The highest BCUT2D eigenvalue weighted by Crippen LogP contribution is 2.31. The molecular weight excluding hydrogens is 353 g/mol. The van der Waals surface area contributed by atoms with Gasteiger partial charge in [0.1, 0.15) is 17.1 Å². The quantitative estimate of drug-likeness (QED) is 0.674. The number of aromatic nitrogens is 1. The van der Waals surface area contributed by atoms with E-state index in [-0.39, 0.29) is 17.6 Å². The number of nitrogens with zero attached hydrogens (tertiary/aromatic N) is 1. The number of hydrogen-bond acceptors (Lipinski definition) is 4. The first-order chi connectivity index (χ1) is 12.8. The monoisotopic (exact) mass is 369 g/mol. The first kappa shape index (κ1) is 18.3. The third-order valence-corrected chi connectivity index (χ3v) is 4.39. The summed E-state index contributed by atoms with van der Waals surface area (Å²) in [5.41, 5.74) is 0.663. The zero-order valence-electron chi connectivity index (χ0n) is 14.4. The minimum Gasteiger partial charge on any atom is -0.506 e. The molecule has 0 fully saturated rings. The van der Waals surface area contributed by atoms with E-state index in [0.29, 0.717) is 16.6 Å². The van der Waals surface area contributed by atoms with Gasteiger partial charge in [0.25, 0.3) is 5.56 Å². The van der Waals surface area contributed by atoms with Crippen molar-refractivity contribution in [3.05, 3.63) is 64.2 Å². The molecule has 0 aliphatic heterocycles. The Morgan fingerprint density at radius 1 is 1.04 bits per heavy atom. The molecule has 1 aromatic heterocycles. The van der Waals surface area contributed by atoms with E-state index in [1.54, 1.807) is 30.3 Å². The van der Waals surface area contributed by atoms with Crippen molar-refractivity contribution >= 4 is 22.7 Å². The average molecular weight is 369 g/mol. The number of aliphatic carboxylic acids is 1. The number of aromatic hydroxyl groups is 1. The number of halogens is 1. The topological polar surface area (TPSA) is 96.6 Å². The predicted molar refractivity (Wildman–Crippen MR) is 97.4 cm³/mol. The maximum absolute atomic E-state index is 13.1. The lowest BCUT2D eigenvalue weighted by Crippen LogP contribution is -2.25. The molecule has 27 heavy (non-hydrogen) atoms. The van der Waals surface area contributed by atoms with Crippen LogP contribution in [-0.2, 0) is 11.8 Å². The molecule has 0 bridgehead atoms. The summed E-state index contributed by atoms with van der Waals surface area (Å²) in [5, 5.41) is 19.6. The molecular formula is C20H16FNO5. The zero-order chi connectivity index (χ0) is 19.7. The first-order valence-electron chi connectivity index (χ1n) is 8.16. The number of aryl methyl sites for hydroxylation is 1. The van der Waals surface area contributed by atoms with E-state index in [4.69, 9.17) is 5.11 Å². The Labute approximate surface area is 153 Å².